The first-order chi connectivity index (χ1) is 7.95. The fraction of sp³-hybridized carbons (Fsp3) is 0.600. The molecule has 2 rings (SSSR count). The van der Waals surface area contributed by atoms with Crippen molar-refractivity contribution in [3.8, 4) is 0 Å². The molecule has 0 amide bonds. The summed E-state index contributed by atoms with van der Waals surface area (Å²) in [4.78, 5) is 0. The number of ether oxygens (including phenoxy) is 1. The third-order valence-electron chi connectivity index (χ3n) is 3.57. The van der Waals surface area contributed by atoms with Crippen molar-refractivity contribution in [3.63, 3.8) is 0 Å². The second kappa shape index (κ2) is 4.43. The van der Waals surface area contributed by atoms with Gasteiger partial charge in [-0.1, -0.05) is 38.1 Å². The number of benzene rings is 1. The van der Waals surface area contributed by atoms with Crippen molar-refractivity contribution >= 4 is 0 Å². The van der Waals surface area contributed by atoms with Gasteiger partial charge in [0, 0.05) is 18.9 Å². The lowest BCUT2D eigenvalue weighted by molar-refractivity contribution is 0.145. The molecule has 0 aliphatic heterocycles. The maximum atomic E-state index is 9.95. The zero-order chi connectivity index (χ0) is 12.5. The van der Waals surface area contributed by atoms with E-state index < -0.39 is 5.60 Å². The van der Waals surface area contributed by atoms with Crippen LogP contribution in [0.25, 0.3) is 0 Å². The lowest BCUT2D eigenvalue weighted by atomic mass is 9.84. The second-order valence-electron chi connectivity index (χ2n) is 5.92. The van der Waals surface area contributed by atoms with Crippen molar-refractivity contribution in [1.82, 2.24) is 0 Å². The van der Waals surface area contributed by atoms with Crippen LogP contribution in [-0.4, -0.2) is 24.4 Å². The highest BCUT2D eigenvalue weighted by Gasteiger charge is 2.40. The summed E-state index contributed by atoms with van der Waals surface area (Å²) in [5.74, 6) is 0. The predicted octanol–water partition coefficient (Wildman–Crippen LogP) is 2.68. The summed E-state index contributed by atoms with van der Waals surface area (Å²) in [7, 11) is 1.73. The van der Waals surface area contributed by atoms with Crippen molar-refractivity contribution in [3.05, 3.63) is 35.4 Å². The average Bonchev–Trinajstić information content (AvgIpc) is 2.96. The zero-order valence-electron chi connectivity index (χ0n) is 11.0. The van der Waals surface area contributed by atoms with E-state index in [4.69, 9.17) is 4.74 Å². The molecule has 0 bridgehead atoms. The highest BCUT2D eigenvalue weighted by Crippen LogP contribution is 2.38. The number of aliphatic hydroxyl groups is 1. The van der Waals surface area contributed by atoms with Crippen molar-refractivity contribution in [1.29, 1.82) is 0 Å². The molecule has 1 aromatic carbocycles. The molecule has 17 heavy (non-hydrogen) atoms. The van der Waals surface area contributed by atoms with Crippen LogP contribution in [0.3, 0.4) is 0 Å². The highest BCUT2D eigenvalue weighted by atomic mass is 16.5. The average molecular weight is 234 g/mol. The minimum absolute atomic E-state index is 0.0247. The van der Waals surface area contributed by atoms with Crippen LogP contribution in [0.15, 0.2) is 24.3 Å². The summed E-state index contributed by atoms with van der Waals surface area (Å²) in [5, 5.41) is 9.95. The van der Waals surface area contributed by atoms with Gasteiger partial charge in [0.1, 0.15) is 0 Å². The Morgan fingerprint density at radius 3 is 2.65 bits per heavy atom. The minimum atomic E-state index is -0.413. The van der Waals surface area contributed by atoms with Gasteiger partial charge in [-0.2, -0.15) is 0 Å². The van der Waals surface area contributed by atoms with E-state index >= 15 is 0 Å². The first kappa shape index (κ1) is 12.6. The maximum absolute atomic E-state index is 9.95. The number of methoxy groups -OCH3 is 1. The van der Waals surface area contributed by atoms with Crippen molar-refractivity contribution in [2.75, 3.05) is 13.7 Å². The molecule has 1 fully saturated rings. The standard InChI is InChI=1S/C15H22O2/c1-14(2,11-17-3)13-6-4-5-12(9-13)10-15(16)7-8-15/h4-6,9,16H,7-8,10-11H2,1-3H3. The van der Waals surface area contributed by atoms with Crippen molar-refractivity contribution in [2.24, 2.45) is 0 Å². The maximum Gasteiger partial charge on any atom is 0.0690 e. The van der Waals surface area contributed by atoms with Gasteiger partial charge in [0.25, 0.3) is 0 Å². The van der Waals surface area contributed by atoms with E-state index in [2.05, 4.69) is 38.1 Å². The van der Waals surface area contributed by atoms with Crippen LogP contribution in [0.4, 0.5) is 0 Å². The summed E-state index contributed by atoms with van der Waals surface area (Å²) >= 11 is 0. The molecule has 0 aromatic heterocycles. The molecule has 94 valence electrons. The Morgan fingerprint density at radius 1 is 1.35 bits per heavy atom. The number of hydrogen-bond acceptors (Lipinski definition) is 2. The Labute approximate surface area is 104 Å². The number of rotatable bonds is 5. The van der Waals surface area contributed by atoms with E-state index in [1.165, 1.54) is 11.1 Å². The summed E-state index contributed by atoms with van der Waals surface area (Å²) in [6.45, 7) is 5.07. The van der Waals surface area contributed by atoms with Gasteiger partial charge in [-0.25, -0.2) is 0 Å². The third kappa shape index (κ3) is 3.08. The van der Waals surface area contributed by atoms with E-state index in [1.807, 2.05) is 0 Å². The van der Waals surface area contributed by atoms with Gasteiger partial charge in [-0.05, 0) is 24.0 Å². The van der Waals surface area contributed by atoms with Gasteiger partial charge in [0.05, 0.1) is 12.2 Å². The molecule has 0 heterocycles. The molecule has 2 heteroatoms. The molecule has 2 nitrogen and oxygen atoms in total. The first-order valence-electron chi connectivity index (χ1n) is 6.26. The molecule has 0 radical (unpaired) electrons. The van der Waals surface area contributed by atoms with Crippen molar-refractivity contribution < 1.29 is 9.84 Å². The normalized spacial score (nSPS) is 18.1. The lowest BCUT2D eigenvalue weighted by Gasteiger charge is -2.25. The van der Waals surface area contributed by atoms with Gasteiger partial charge >= 0.3 is 0 Å². The monoisotopic (exact) mass is 234 g/mol. The predicted molar refractivity (Wildman–Crippen MR) is 69.2 cm³/mol. The van der Waals surface area contributed by atoms with Gasteiger partial charge < -0.3 is 9.84 Å². The van der Waals surface area contributed by atoms with Gasteiger partial charge in [-0.15, -0.1) is 0 Å². The largest absolute Gasteiger partial charge is 0.390 e. The van der Waals surface area contributed by atoms with E-state index in [-0.39, 0.29) is 5.41 Å². The Morgan fingerprint density at radius 2 is 2.06 bits per heavy atom. The fourth-order valence-corrected chi connectivity index (χ4v) is 2.25. The van der Waals surface area contributed by atoms with Gasteiger partial charge in [-0.3, -0.25) is 0 Å². The van der Waals surface area contributed by atoms with Gasteiger partial charge in [0.2, 0.25) is 0 Å². The highest BCUT2D eigenvalue weighted by molar-refractivity contribution is 5.31. The Bertz CT molecular complexity index is 392. The zero-order valence-corrected chi connectivity index (χ0v) is 11.0. The second-order valence-corrected chi connectivity index (χ2v) is 5.92. The smallest absolute Gasteiger partial charge is 0.0690 e. The first-order valence-corrected chi connectivity index (χ1v) is 6.26. The van der Waals surface area contributed by atoms with Crippen LogP contribution < -0.4 is 0 Å². The molecule has 0 saturated heterocycles. The van der Waals surface area contributed by atoms with Crippen molar-refractivity contribution in [2.45, 2.75) is 44.1 Å². The third-order valence-corrected chi connectivity index (χ3v) is 3.57. The van der Waals surface area contributed by atoms with Crippen LogP contribution in [-0.2, 0) is 16.6 Å². The van der Waals surface area contributed by atoms with Crippen LogP contribution in [0, 0.1) is 0 Å². The Hall–Kier alpha value is -0.860. The van der Waals surface area contributed by atoms with Crippen LogP contribution in [0.2, 0.25) is 0 Å². The quantitative estimate of drug-likeness (QED) is 0.848. The molecule has 1 N–H and O–H groups in total. The molecule has 0 spiro atoms. The molecule has 0 atom stereocenters. The summed E-state index contributed by atoms with van der Waals surface area (Å²) in [6.07, 6.45) is 2.67. The molecule has 1 aliphatic rings. The fourth-order valence-electron chi connectivity index (χ4n) is 2.25. The van der Waals surface area contributed by atoms with Gasteiger partial charge in [0.15, 0.2) is 0 Å². The molecule has 1 aliphatic carbocycles. The molecular formula is C15H22O2. The van der Waals surface area contributed by atoms with E-state index in [9.17, 15) is 5.11 Å². The lowest BCUT2D eigenvalue weighted by Crippen LogP contribution is -2.24. The molecule has 1 saturated carbocycles. The summed E-state index contributed by atoms with van der Waals surface area (Å²) in [6, 6.07) is 8.52. The molecular weight excluding hydrogens is 212 g/mol. The van der Waals surface area contributed by atoms with E-state index in [0.29, 0.717) is 6.61 Å². The van der Waals surface area contributed by atoms with Crippen LogP contribution >= 0.6 is 0 Å². The Balaban J connectivity index is 2.16. The van der Waals surface area contributed by atoms with E-state index in [1.54, 1.807) is 7.11 Å². The SMILES string of the molecule is COCC(C)(C)c1cccc(CC2(O)CC2)c1. The minimum Gasteiger partial charge on any atom is -0.390 e. The summed E-state index contributed by atoms with van der Waals surface area (Å²) < 4.78 is 5.26. The topological polar surface area (TPSA) is 29.5 Å². The molecule has 0 unspecified atom stereocenters. The Kier molecular flexibility index (Phi) is 3.28. The summed E-state index contributed by atoms with van der Waals surface area (Å²) in [5.41, 5.74) is 2.12. The molecule has 1 aromatic rings. The van der Waals surface area contributed by atoms with Crippen LogP contribution in [0.1, 0.15) is 37.8 Å². The number of hydrogen-bond donors (Lipinski definition) is 1. The van der Waals surface area contributed by atoms with Crippen LogP contribution in [0.5, 0.6) is 0 Å². The van der Waals surface area contributed by atoms with E-state index in [0.717, 1.165) is 19.3 Å².